The summed E-state index contributed by atoms with van der Waals surface area (Å²) < 4.78 is 0. The lowest BCUT2D eigenvalue weighted by atomic mass is 9.86. The van der Waals surface area contributed by atoms with Crippen LogP contribution in [0.2, 0.25) is 0 Å². The predicted molar refractivity (Wildman–Crippen MR) is 58.6 cm³/mol. The van der Waals surface area contributed by atoms with Crippen molar-refractivity contribution in [3.63, 3.8) is 0 Å². The fourth-order valence-electron chi connectivity index (χ4n) is 2.56. The third-order valence-corrected chi connectivity index (χ3v) is 3.32. The van der Waals surface area contributed by atoms with Gasteiger partial charge in [-0.2, -0.15) is 0 Å². The first-order valence-electron chi connectivity index (χ1n) is 5.52. The van der Waals surface area contributed by atoms with E-state index in [0.29, 0.717) is 0 Å². The van der Waals surface area contributed by atoms with E-state index in [4.69, 9.17) is 5.11 Å². The minimum atomic E-state index is -0.853. The smallest absolute Gasteiger partial charge is 0.328 e. The molecule has 1 N–H and O–H groups in total. The van der Waals surface area contributed by atoms with E-state index in [2.05, 4.69) is 17.1 Å². The normalized spacial score (nSPS) is 30.9. The van der Waals surface area contributed by atoms with E-state index in [-0.39, 0.29) is 0 Å². The molecular weight excluding hydrogens is 190 g/mol. The second-order valence-corrected chi connectivity index (χ2v) is 4.42. The zero-order valence-corrected chi connectivity index (χ0v) is 8.80. The van der Waals surface area contributed by atoms with Crippen molar-refractivity contribution in [1.82, 2.24) is 4.90 Å². The highest BCUT2D eigenvalue weighted by Crippen LogP contribution is 2.32. The van der Waals surface area contributed by atoms with Gasteiger partial charge in [-0.15, -0.1) is 0 Å². The number of hydrogen-bond acceptors (Lipinski definition) is 2. The zero-order chi connectivity index (χ0) is 10.7. The van der Waals surface area contributed by atoms with E-state index >= 15 is 0 Å². The van der Waals surface area contributed by atoms with Gasteiger partial charge in [0.25, 0.3) is 0 Å². The maximum atomic E-state index is 10.3. The summed E-state index contributed by atoms with van der Waals surface area (Å²) in [6, 6.07) is 0. The van der Waals surface area contributed by atoms with Crippen LogP contribution >= 0.6 is 0 Å². The molecular formula is C12H17NO2. The molecule has 0 spiro atoms. The van der Waals surface area contributed by atoms with Crippen molar-refractivity contribution in [2.24, 2.45) is 11.8 Å². The Morgan fingerprint density at radius 3 is 2.47 bits per heavy atom. The first-order chi connectivity index (χ1) is 7.25. The van der Waals surface area contributed by atoms with Gasteiger partial charge in [-0.1, -0.05) is 18.2 Å². The van der Waals surface area contributed by atoms with Crippen molar-refractivity contribution in [2.45, 2.75) is 12.8 Å². The van der Waals surface area contributed by atoms with Crippen molar-refractivity contribution in [3.05, 3.63) is 24.3 Å². The van der Waals surface area contributed by atoms with Crippen LogP contribution in [0.3, 0.4) is 0 Å². The number of hydrogen-bond donors (Lipinski definition) is 1. The third kappa shape index (κ3) is 2.69. The predicted octanol–water partition coefficient (Wildman–Crippen LogP) is 1.53. The van der Waals surface area contributed by atoms with Crippen LogP contribution in [-0.4, -0.2) is 35.6 Å². The first kappa shape index (κ1) is 10.4. The van der Waals surface area contributed by atoms with Crippen LogP contribution in [0.4, 0.5) is 0 Å². The Hall–Kier alpha value is -1.09. The molecule has 0 saturated carbocycles. The number of carboxylic acid groups (broad SMARTS) is 1. The summed E-state index contributed by atoms with van der Waals surface area (Å²) in [5, 5.41) is 8.48. The lowest BCUT2D eigenvalue weighted by molar-refractivity contribution is -0.131. The highest BCUT2D eigenvalue weighted by atomic mass is 16.4. The Morgan fingerprint density at radius 2 is 1.93 bits per heavy atom. The first-order valence-corrected chi connectivity index (χ1v) is 5.52. The summed E-state index contributed by atoms with van der Waals surface area (Å²) in [6.45, 7) is 3.03. The molecule has 82 valence electrons. The van der Waals surface area contributed by atoms with Crippen molar-refractivity contribution in [2.75, 3.05) is 19.6 Å². The Balaban J connectivity index is 1.80. The molecule has 1 aliphatic carbocycles. The number of aliphatic carboxylic acids is 1. The molecule has 0 aromatic carbocycles. The maximum Gasteiger partial charge on any atom is 0.328 e. The van der Waals surface area contributed by atoms with Gasteiger partial charge < -0.3 is 5.11 Å². The van der Waals surface area contributed by atoms with Crippen molar-refractivity contribution in [3.8, 4) is 0 Å². The highest BCUT2D eigenvalue weighted by Gasteiger charge is 2.31. The van der Waals surface area contributed by atoms with Crippen molar-refractivity contribution >= 4 is 5.97 Å². The number of carboxylic acids is 1. The molecule has 2 aliphatic rings. The lowest BCUT2D eigenvalue weighted by Gasteiger charge is -2.18. The molecule has 1 fully saturated rings. The standard InChI is InChI=1S/C12H17NO2/c14-12(15)6-3-7-13-8-10-4-1-2-5-11(10)9-13/h1-3,6,10-11H,4-5,7-9H2,(H,14,15)/b6-3+/t10-,11+. The van der Waals surface area contributed by atoms with Crippen LogP contribution in [0.1, 0.15) is 12.8 Å². The molecule has 1 aliphatic heterocycles. The van der Waals surface area contributed by atoms with Crippen LogP contribution < -0.4 is 0 Å². The number of allylic oxidation sites excluding steroid dienone is 2. The van der Waals surface area contributed by atoms with Crippen LogP contribution in [0, 0.1) is 11.8 Å². The van der Waals surface area contributed by atoms with E-state index < -0.39 is 5.97 Å². The Labute approximate surface area is 90.1 Å². The van der Waals surface area contributed by atoms with E-state index in [1.165, 1.54) is 18.9 Å². The van der Waals surface area contributed by atoms with Gasteiger partial charge in [0.1, 0.15) is 0 Å². The third-order valence-electron chi connectivity index (χ3n) is 3.32. The summed E-state index contributed by atoms with van der Waals surface area (Å²) in [4.78, 5) is 12.7. The minimum Gasteiger partial charge on any atom is -0.478 e. The summed E-state index contributed by atoms with van der Waals surface area (Å²) in [5.74, 6) is 0.745. The fourth-order valence-corrected chi connectivity index (χ4v) is 2.56. The summed E-state index contributed by atoms with van der Waals surface area (Å²) in [6.07, 6.45) is 9.93. The van der Waals surface area contributed by atoms with Crippen LogP contribution in [0.15, 0.2) is 24.3 Å². The molecule has 2 atom stereocenters. The van der Waals surface area contributed by atoms with E-state index in [0.717, 1.165) is 31.5 Å². The van der Waals surface area contributed by atoms with Gasteiger partial charge in [0, 0.05) is 25.7 Å². The Kier molecular flexibility index (Phi) is 3.21. The molecule has 0 aromatic heterocycles. The van der Waals surface area contributed by atoms with E-state index in [1.54, 1.807) is 6.08 Å². The SMILES string of the molecule is O=C(O)/C=C/CN1C[C@H]2CC=CC[C@H]2C1. The van der Waals surface area contributed by atoms with Gasteiger partial charge in [0.15, 0.2) is 0 Å². The van der Waals surface area contributed by atoms with Gasteiger partial charge >= 0.3 is 5.97 Å². The topological polar surface area (TPSA) is 40.5 Å². The number of fused-ring (bicyclic) bond motifs is 1. The molecule has 3 heteroatoms. The Bertz CT molecular complexity index is 280. The summed E-state index contributed by atoms with van der Waals surface area (Å²) >= 11 is 0. The molecule has 0 bridgehead atoms. The summed E-state index contributed by atoms with van der Waals surface area (Å²) in [5.41, 5.74) is 0. The molecule has 0 radical (unpaired) electrons. The van der Waals surface area contributed by atoms with Crippen LogP contribution in [0.5, 0.6) is 0 Å². The molecule has 3 nitrogen and oxygen atoms in total. The number of nitrogens with zero attached hydrogens (tertiary/aromatic N) is 1. The van der Waals surface area contributed by atoms with Crippen molar-refractivity contribution in [1.29, 1.82) is 0 Å². The molecule has 1 saturated heterocycles. The summed E-state index contributed by atoms with van der Waals surface area (Å²) in [7, 11) is 0. The average Bonchev–Trinajstić information content (AvgIpc) is 2.59. The zero-order valence-electron chi connectivity index (χ0n) is 8.80. The number of likely N-dealkylation sites (tertiary alicyclic amines) is 1. The molecule has 0 amide bonds. The minimum absolute atomic E-state index is 0.777. The van der Waals surface area contributed by atoms with Gasteiger partial charge in [-0.25, -0.2) is 4.79 Å². The van der Waals surface area contributed by atoms with Gasteiger partial charge in [-0.05, 0) is 24.7 Å². The second-order valence-electron chi connectivity index (χ2n) is 4.42. The quantitative estimate of drug-likeness (QED) is 0.563. The lowest BCUT2D eigenvalue weighted by Crippen LogP contribution is -2.20. The monoisotopic (exact) mass is 207 g/mol. The van der Waals surface area contributed by atoms with Gasteiger partial charge in [0.2, 0.25) is 0 Å². The van der Waals surface area contributed by atoms with E-state index in [1.807, 2.05) is 0 Å². The van der Waals surface area contributed by atoms with Crippen LogP contribution in [0.25, 0.3) is 0 Å². The Morgan fingerprint density at radius 1 is 1.33 bits per heavy atom. The highest BCUT2D eigenvalue weighted by molar-refractivity contribution is 5.79. The average molecular weight is 207 g/mol. The van der Waals surface area contributed by atoms with Gasteiger partial charge in [0.05, 0.1) is 0 Å². The molecule has 0 aromatic rings. The largest absolute Gasteiger partial charge is 0.478 e. The molecule has 2 rings (SSSR count). The van der Waals surface area contributed by atoms with Crippen LogP contribution in [-0.2, 0) is 4.79 Å². The molecule has 0 unspecified atom stereocenters. The second kappa shape index (κ2) is 4.62. The molecule has 1 heterocycles. The van der Waals surface area contributed by atoms with Gasteiger partial charge in [-0.3, -0.25) is 4.90 Å². The molecule has 15 heavy (non-hydrogen) atoms. The fraction of sp³-hybridized carbons (Fsp3) is 0.583. The van der Waals surface area contributed by atoms with Crippen molar-refractivity contribution < 1.29 is 9.90 Å². The maximum absolute atomic E-state index is 10.3. The number of carbonyl (C=O) groups is 1. The van der Waals surface area contributed by atoms with E-state index in [9.17, 15) is 4.79 Å². The number of rotatable bonds is 3.